The van der Waals surface area contributed by atoms with E-state index >= 15 is 0 Å². The number of hydrogen-bond acceptors (Lipinski definition) is 2. The Labute approximate surface area is 97.2 Å². The molecule has 1 unspecified atom stereocenters. The zero-order chi connectivity index (χ0) is 10.7. The molecule has 1 aliphatic rings. The molecule has 1 heterocycles. The van der Waals surface area contributed by atoms with E-state index in [9.17, 15) is 8.42 Å². The molecule has 1 aromatic carbocycles. The second-order valence-electron chi connectivity index (χ2n) is 3.89. The van der Waals surface area contributed by atoms with E-state index in [1.165, 1.54) is 4.46 Å². The summed E-state index contributed by atoms with van der Waals surface area (Å²) in [6, 6.07) is 10.4. The Morgan fingerprint density at radius 1 is 1.27 bits per heavy atom. The van der Waals surface area contributed by atoms with Crippen LogP contribution in [0.25, 0.3) is 0 Å². The molecule has 0 saturated carbocycles. The SMILES string of the molecule is O=S1(=O)CCC(C[Se]c2ccccc2)C1. The average Bonchev–Trinajstić information content (AvgIpc) is 2.57. The zero-order valence-electron chi connectivity index (χ0n) is 8.43. The van der Waals surface area contributed by atoms with E-state index in [-0.39, 0.29) is 0 Å². The van der Waals surface area contributed by atoms with Crippen LogP contribution in [0.4, 0.5) is 0 Å². The molecule has 82 valence electrons. The van der Waals surface area contributed by atoms with E-state index in [0.29, 0.717) is 32.4 Å². The van der Waals surface area contributed by atoms with Gasteiger partial charge >= 0.3 is 97.2 Å². The Morgan fingerprint density at radius 2 is 2.00 bits per heavy atom. The minimum atomic E-state index is -2.69. The van der Waals surface area contributed by atoms with E-state index in [1.54, 1.807) is 0 Å². The van der Waals surface area contributed by atoms with Crippen LogP contribution in [0, 0.1) is 5.92 Å². The summed E-state index contributed by atoms with van der Waals surface area (Å²) >= 11 is 0.436. The van der Waals surface area contributed by atoms with Crippen molar-refractivity contribution in [1.82, 2.24) is 0 Å². The summed E-state index contributed by atoms with van der Waals surface area (Å²) in [5.74, 6) is 1.24. The van der Waals surface area contributed by atoms with Crippen LogP contribution in [-0.4, -0.2) is 34.9 Å². The van der Waals surface area contributed by atoms with Gasteiger partial charge in [-0.05, 0) is 0 Å². The first-order valence-corrected chi connectivity index (χ1v) is 8.93. The third kappa shape index (κ3) is 3.33. The number of sulfone groups is 1. The van der Waals surface area contributed by atoms with E-state index in [0.717, 1.165) is 11.7 Å². The molecule has 0 bridgehead atoms. The van der Waals surface area contributed by atoms with Gasteiger partial charge in [0.25, 0.3) is 0 Å². The molecule has 0 N–H and O–H groups in total. The summed E-state index contributed by atoms with van der Waals surface area (Å²) in [4.78, 5) is 0. The first kappa shape index (κ1) is 11.2. The van der Waals surface area contributed by atoms with Crippen molar-refractivity contribution in [3.05, 3.63) is 30.3 Å². The van der Waals surface area contributed by atoms with Gasteiger partial charge in [-0.15, -0.1) is 0 Å². The molecule has 1 fully saturated rings. The van der Waals surface area contributed by atoms with Crippen molar-refractivity contribution in [2.75, 3.05) is 11.5 Å². The minimum absolute atomic E-state index is 0.405. The van der Waals surface area contributed by atoms with Crippen molar-refractivity contribution < 1.29 is 8.42 Å². The van der Waals surface area contributed by atoms with Crippen LogP contribution < -0.4 is 4.46 Å². The van der Waals surface area contributed by atoms with Crippen molar-refractivity contribution in [3.8, 4) is 0 Å². The monoisotopic (exact) mass is 290 g/mol. The van der Waals surface area contributed by atoms with E-state index in [4.69, 9.17) is 0 Å². The van der Waals surface area contributed by atoms with Crippen LogP contribution in [-0.2, 0) is 9.84 Å². The fourth-order valence-corrected chi connectivity index (χ4v) is 6.16. The molecule has 1 atom stereocenters. The maximum absolute atomic E-state index is 11.3. The molecule has 0 aromatic heterocycles. The third-order valence-corrected chi connectivity index (χ3v) is 7.00. The van der Waals surface area contributed by atoms with E-state index in [2.05, 4.69) is 12.1 Å². The first-order valence-electron chi connectivity index (χ1n) is 5.04. The van der Waals surface area contributed by atoms with Crippen molar-refractivity contribution >= 4 is 29.3 Å². The van der Waals surface area contributed by atoms with Gasteiger partial charge in [-0.1, -0.05) is 0 Å². The summed E-state index contributed by atoms with van der Waals surface area (Å²) in [5.41, 5.74) is 0. The van der Waals surface area contributed by atoms with Crippen LogP contribution in [0.3, 0.4) is 0 Å². The molecular formula is C11H14O2SSe. The molecule has 0 amide bonds. The standard InChI is InChI=1S/C11H14O2SSe/c12-14(13)7-6-10(8-14)9-15-11-4-2-1-3-5-11/h1-5,10H,6-9H2. The van der Waals surface area contributed by atoms with Crippen LogP contribution >= 0.6 is 0 Å². The van der Waals surface area contributed by atoms with Gasteiger partial charge < -0.3 is 0 Å². The third-order valence-electron chi connectivity index (χ3n) is 2.56. The quantitative estimate of drug-likeness (QED) is 0.774. The molecule has 15 heavy (non-hydrogen) atoms. The molecule has 2 rings (SSSR count). The maximum atomic E-state index is 11.3. The Bertz CT molecular complexity index is 413. The Hall–Kier alpha value is -0.311. The Kier molecular flexibility index (Phi) is 3.49. The molecule has 0 aliphatic carbocycles. The zero-order valence-corrected chi connectivity index (χ0v) is 11.0. The van der Waals surface area contributed by atoms with Gasteiger partial charge in [0.2, 0.25) is 0 Å². The molecule has 0 radical (unpaired) electrons. The molecule has 4 heteroatoms. The van der Waals surface area contributed by atoms with Gasteiger partial charge in [0, 0.05) is 0 Å². The number of hydrogen-bond donors (Lipinski definition) is 0. The fourth-order valence-electron chi connectivity index (χ4n) is 1.73. The van der Waals surface area contributed by atoms with Gasteiger partial charge in [-0.2, -0.15) is 0 Å². The molecule has 2 nitrogen and oxygen atoms in total. The van der Waals surface area contributed by atoms with Gasteiger partial charge in [-0.25, -0.2) is 0 Å². The molecule has 1 aromatic rings. The molecule has 0 spiro atoms. The van der Waals surface area contributed by atoms with Crippen molar-refractivity contribution in [2.24, 2.45) is 5.92 Å². The summed E-state index contributed by atoms with van der Waals surface area (Å²) in [5, 5.41) is 1.07. The van der Waals surface area contributed by atoms with Crippen molar-refractivity contribution in [2.45, 2.75) is 11.7 Å². The number of benzene rings is 1. The van der Waals surface area contributed by atoms with Crippen LogP contribution in [0.5, 0.6) is 0 Å². The number of rotatable bonds is 3. The predicted molar refractivity (Wildman–Crippen MR) is 63.4 cm³/mol. The van der Waals surface area contributed by atoms with E-state index in [1.807, 2.05) is 18.2 Å². The predicted octanol–water partition coefficient (Wildman–Crippen LogP) is 0.869. The average molecular weight is 289 g/mol. The summed E-state index contributed by atoms with van der Waals surface area (Å²) < 4.78 is 23.9. The van der Waals surface area contributed by atoms with Gasteiger partial charge in [0.1, 0.15) is 0 Å². The second kappa shape index (κ2) is 4.69. The van der Waals surface area contributed by atoms with Gasteiger partial charge in [0.05, 0.1) is 0 Å². The van der Waals surface area contributed by atoms with E-state index < -0.39 is 9.84 Å². The second-order valence-corrected chi connectivity index (χ2v) is 8.42. The fraction of sp³-hybridized carbons (Fsp3) is 0.455. The molecule has 1 saturated heterocycles. The summed E-state index contributed by atoms with van der Waals surface area (Å²) in [6.45, 7) is 0. The van der Waals surface area contributed by atoms with Crippen LogP contribution in [0.2, 0.25) is 5.32 Å². The first-order chi connectivity index (χ1) is 7.16. The van der Waals surface area contributed by atoms with Crippen LogP contribution in [0.15, 0.2) is 30.3 Å². The van der Waals surface area contributed by atoms with Gasteiger partial charge in [-0.3, -0.25) is 0 Å². The summed E-state index contributed by atoms with van der Waals surface area (Å²) in [6.07, 6.45) is 0.872. The van der Waals surface area contributed by atoms with Crippen molar-refractivity contribution in [3.63, 3.8) is 0 Å². The summed E-state index contributed by atoms with van der Waals surface area (Å²) in [7, 11) is -2.69. The Morgan fingerprint density at radius 3 is 2.60 bits per heavy atom. The molecular weight excluding hydrogens is 275 g/mol. The van der Waals surface area contributed by atoms with Gasteiger partial charge in [0.15, 0.2) is 0 Å². The van der Waals surface area contributed by atoms with Crippen molar-refractivity contribution in [1.29, 1.82) is 0 Å². The normalized spacial score (nSPS) is 24.1. The topological polar surface area (TPSA) is 34.1 Å². The Balaban J connectivity index is 1.85. The molecule has 1 aliphatic heterocycles. The van der Waals surface area contributed by atoms with Crippen LogP contribution in [0.1, 0.15) is 6.42 Å².